The highest BCUT2D eigenvalue weighted by molar-refractivity contribution is 7.14. The maximum atomic E-state index is 12.0. The van der Waals surface area contributed by atoms with Crippen LogP contribution in [0.4, 0.5) is 15.6 Å². The van der Waals surface area contributed by atoms with Gasteiger partial charge in [0.2, 0.25) is 5.91 Å². The number of aromatic nitrogens is 1. The van der Waals surface area contributed by atoms with E-state index in [1.807, 2.05) is 17.5 Å². The topological polar surface area (TPSA) is 83.1 Å². The average Bonchev–Trinajstić information content (AvgIpc) is 3.25. The zero-order valence-corrected chi connectivity index (χ0v) is 15.9. The molecule has 2 aromatic heterocycles. The normalized spacial score (nSPS) is 10.3. The van der Waals surface area contributed by atoms with E-state index < -0.39 is 6.03 Å². The molecule has 3 rings (SSSR count). The molecule has 0 bridgehead atoms. The average molecular weight is 407 g/mol. The van der Waals surface area contributed by atoms with E-state index in [4.69, 9.17) is 11.6 Å². The highest BCUT2D eigenvalue weighted by atomic mass is 35.5. The molecule has 0 spiro atoms. The van der Waals surface area contributed by atoms with Crippen molar-refractivity contribution in [3.8, 4) is 0 Å². The zero-order chi connectivity index (χ0) is 18.4. The van der Waals surface area contributed by atoms with Crippen molar-refractivity contribution >= 4 is 57.0 Å². The van der Waals surface area contributed by atoms with Gasteiger partial charge in [-0.25, -0.2) is 9.78 Å². The number of carbonyl (C=O) groups excluding carboxylic acids is 2. The van der Waals surface area contributed by atoms with Crippen LogP contribution in [0.3, 0.4) is 0 Å². The van der Waals surface area contributed by atoms with E-state index in [1.54, 1.807) is 41.0 Å². The predicted molar refractivity (Wildman–Crippen MR) is 106 cm³/mol. The fraction of sp³-hybridized carbons (Fsp3) is 0.118. The smallest absolute Gasteiger partial charge is 0.325 e. The van der Waals surface area contributed by atoms with Gasteiger partial charge in [-0.05, 0) is 29.6 Å². The molecule has 0 saturated heterocycles. The number of nitrogens with zero attached hydrogens (tertiary/aromatic N) is 1. The van der Waals surface area contributed by atoms with Crippen LogP contribution in [0.2, 0.25) is 5.02 Å². The van der Waals surface area contributed by atoms with E-state index in [0.717, 1.165) is 4.88 Å². The maximum Gasteiger partial charge on any atom is 0.325 e. The summed E-state index contributed by atoms with van der Waals surface area (Å²) in [6, 6.07) is 10.3. The number of anilines is 2. The number of rotatable bonds is 6. The molecule has 0 unspecified atom stereocenters. The first-order valence-corrected chi connectivity index (χ1v) is 9.79. The fourth-order valence-electron chi connectivity index (χ4n) is 2.10. The lowest BCUT2D eigenvalue weighted by Gasteiger charge is -2.05. The van der Waals surface area contributed by atoms with Crippen molar-refractivity contribution in [3.05, 3.63) is 62.8 Å². The molecule has 3 aromatic rings. The Labute approximate surface area is 163 Å². The molecule has 0 atom stereocenters. The van der Waals surface area contributed by atoms with Crippen LogP contribution in [0.15, 0.2) is 47.2 Å². The van der Waals surface area contributed by atoms with Crippen LogP contribution >= 0.6 is 34.3 Å². The number of urea groups is 1. The summed E-state index contributed by atoms with van der Waals surface area (Å²) in [5, 5.41) is 12.8. The van der Waals surface area contributed by atoms with E-state index in [-0.39, 0.29) is 12.3 Å². The second-order valence-corrected chi connectivity index (χ2v) is 7.59. The molecule has 3 N–H and O–H groups in total. The molecule has 0 saturated carbocycles. The molecule has 0 fully saturated rings. The van der Waals surface area contributed by atoms with Crippen molar-refractivity contribution in [3.63, 3.8) is 0 Å². The summed E-state index contributed by atoms with van der Waals surface area (Å²) in [4.78, 5) is 29.3. The van der Waals surface area contributed by atoms with Crippen molar-refractivity contribution in [1.82, 2.24) is 10.3 Å². The number of amides is 3. The van der Waals surface area contributed by atoms with Gasteiger partial charge in [-0.2, -0.15) is 0 Å². The Balaban J connectivity index is 1.47. The third-order valence-electron chi connectivity index (χ3n) is 3.24. The lowest BCUT2D eigenvalue weighted by atomic mass is 10.3. The van der Waals surface area contributed by atoms with E-state index >= 15 is 0 Å². The Hall–Kier alpha value is -2.42. The molecule has 0 aliphatic carbocycles. The van der Waals surface area contributed by atoms with E-state index in [2.05, 4.69) is 20.9 Å². The number of hydrogen-bond acceptors (Lipinski definition) is 5. The van der Waals surface area contributed by atoms with Crippen LogP contribution in [-0.2, 0) is 17.8 Å². The molecule has 9 heteroatoms. The molecule has 1 aromatic carbocycles. The van der Waals surface area contributed by atoms with Crippen LogP contribution in [0.25, 0.3) is 0 Å². The number of benzene rings is 1. The minimum Gasteiger partial charge on any atom is -0.351 e. The highest BCUT2D eigenvalue weighted by Crippen LogP contribution is 2.18. The van der Waals surface area contributed by atoms with Gasteiger partial charge in [-0.3, -0.25) is 10.1 Å². The summed E-state index contributed by atoms with van der Waals surface area (Å²) >= 11 is 8.73. The highest BCUT2D eigenvalue weighted by Gasteiger charge is 2.10. The lowest BCUT2D eigenvalue weighted by Crippen LogP contribution is -2.24. The summed E-state index contributed by atoms with van der Waals surface area (Å²) in [5.41, 5.74) is 1.19. The third-order valence-corrected chi connectivity index (χ3v) is 5.15. The summed E-state index contributed by atoms with van der Waals surface area (Å²) in [6.07, 6.45) is 0.166. The van der Waals surface area contributed by atoms with E-state index in [9.17, 15) is 9.59 Å². The number of hydrogen-bond donors (Lipinski definition) is 3. The molecule has 0 aliphatic rings. The Bertz CT molecular complexity index is 896. The van der Waals surface area contributed by atoms with Crippen LogP contribution in [-0.4, -0.2) is 16.9 Å². The Morgan fingerprint density at radius 2 is 2.00 bits per heavy atom. The third kappa shape index (κ3) is 5.55. The first-order chi connectivity index (χ1) is 12.6. The first-order valence-electron chi connectivity index (χ1n) is 7.65. The fourth-order valence-corrected chi connectivity index (χ4v) is 3.64. The first kappa shape index (κ1) is 18.4. The largest absolute Gasteiger partial charge is 0.351 e. The second kappa shape index (κ2) is 8.79. The summed E-state index contributed by atoms with van der Waals surface area (Å²) in [7, 11) is 0. The zero-order valence-electron chi connectivity index (χ0n) is 13.5. The van der Waals surface area contributed by atoms with Gasteiger partial charge < -0.3 is 10.6 Å². The number of nitrogens with one attached hydrogen (secondary N) is 3. The summed E-state index contributed by atoms with van der Waals surface area (Å²) in [5.74, 6) is -0.112. The van der Waals surface area contributed by atoms with E-state index in [0.29, 0.717) is 28.1 Å². The maximum absolute atomic E-state index is 12.0. The van der Waals surface area contributed by atoms with Gasteiger partial charge >= 0.3 is 6.03 Å². The number of halogens is 1. The molecule has 0 aliphatic heterocycles. The number of thiophene rings is 1. The summed E-state index contributed by atoms with van der Waals surface area (Å²) in [6.45, 7) is 0.508. The van der Waals surface area contributed by atoms with Crippen molar-refractivity contribution < 1.29 is 9.59 Å². The molecule has 2 heterocycles. The monoisotopic (exact) mass is 406 g/mol. The molecule has 0 radical (unpaired) electrons. The number of carbonyl (C=O) groups is 2. The second-order valence-electron chi connectivity index (χ2n) is 5.27. The van der Waals surface area contributed by atoms with Gasteiger partial charge in [-0.15, -0.1) is 22.7 Å². The molecule has 134 valence electrons. The minimum absolute atomic E-state index is 0.112. The van der Waals surface area contributed by atoms with Crippen LogP contribution in [0.1, 0.15) is 10.6 Å². The minimum atomic E-state index is -0.421. The standard InChI is InChI=1S/C17H15ClN4O2S2/c18-11-3-1-4-12(7-11)20-16(24)22-17-21-13(10-26-17)8-15(23)19-9-14-5-2-6-25-14/h1-7,10H,8-9H2,(H,19,23)(H2,20,21,22,24). The van der Waals surface area contributed by atoms with E-state index in [1.165, 1.54) is 11.3 Å². The van der Waals surface area contributed by atoms with Gasteiger partial charge in [0.25, 0.3) is 0 Å². The Morgan fingerprint density at radius 3 is 2.77 bits per heavy atom. The van der Waals surface area contributed by atoms with Gasteiger partial charge in [0.15, 0.2) is 5.13 Å². The lowest BCUT2D eigenvalue weighted by molar-refractivity contribution is -0.120. The molecule has 3 amide bonds. The van der Waals surface area contributed by atoms with Gasteiger partial charge in [0.05, 0.1) is 18.7 Å². The van der Waals surface area contributed by atoms with Crippen molar-refractivity contribution in [1.29, 1.82) is 0 Å². The number of thiazole rings is 1. The van der Waals surface area contributed by atoms with Gasteiger partial charge in [0.1, 0.15) is 0 Å². The van der Waals surface area contributed by atoms with Crippen LogP contribution in [0, 0.1) is 0 Å². The molecular formula is C17H15ClN4O2S2. The predicted octanol–water partition coefficient (Wildman–Crippen LogP) is 4.36. The quantitative estimate of drug-likeness (QED) is 0.568. The van der Waals surface area contributed by atoms with Gasteiger partial charge in [-0.1, -0.05) is 23.7 Å². The SMILES string of the molecule is O=C(Cc1csc(NC(=O)Nc2cccc(Cl)c2)n1)NCc1cccs1. The van der Waals surface area contributed by atoms with Crippen molar-refractivity contribution in [2.24, 2.45) is 0 Å². The van der Waals surface area contributed by atoms with Crippen LogP contribution < -0.4 is 16.0 Å². The molecular weight excluding hydrogens is 392 g/mol. The van der Waals surface area contributed by atoms with Crippen molar-refractivity contribution in [2.75, 3.05) is 10.6 Å². The van der Waals surface area contributed by atoms with Crippen molar-refractivity contribution in [2.45, 2.75) is 13.0 Å². The van der Waals surface area contributed by atoms with Gasteiger partial charge in [0, 0.05) is 21.0 Å². The Morgan fingerprint density at radius 1 is 1.12 bits per heavy atom. The van der Waals surface area contributed by atoms with Crippen LogP contribution in [0.5, 0.6) is 0 Å². The molecule has 26 heavy (non-hydrogen) atoms. The summed E-state index contributed by atoms with van der Waals surface area (Å²) < 4.78 is 0. The Kier molecular flexibility index (Phi) is 6.21. The molecule has 6 nitrogen and oxygen atoms in total.